The molecule has 126 valence electrons. The molecule has 1 heterocycles. The molecular formula is C18H24BrNO3. The van der Waals surface area contributed by atoms with E-state index in [0.29, 0.717) is 13.2 Å². The van der Waals surface area contributed by atoms with Crippen LogP contribution in [0.15, 0.2) is 28.7 Å². The molecule has 23 heavy (non-hydrogen) atoms. The minimum absolute atomic E-state index is 0.0455. The number of carbonyl (C=O) groups is 1. The van der Waals surface area contributed by atoms with Crippen LogP contribution in [0.4, 0.5) is 0 Å². The van der Waals surface area contributed by atoms with Gasteiger partial charge in [0.15, 0.2) is 6.29 Å². The highest BCUT2D eigenvalue weighted by Crippen LogP contribution is 2.48. The molecule has 1 aliphatic carbocycles. The predicted molar refractivity (Wildman–Crippen MR) is 92.2 cm³/mol. The number of rotatable bonds is 7. The van der Waals surface area contributed by atoms with Crippen LogP contribution in [0.5, 0.6) is 0 Å². The molecular weight excluding hydrogens is 358 g/mol. The molecule has 1 saturated carbocycles. The summed E-state index contributed by atoms with van der Waals surface area (Å²) in [6, 6.07) is 8.07. The molecule has 1 atom stereocenters. The first-order chi connectivity index (χ1) is 11.2. The largest absolute Gasteiger partial charge is 0.355 e. The fourth-order valence-corrected chi connectivity index (χ4v) is 3.46. The minimum Gasteiger partial charge on any atom is -0.355 e. The third-order valence-electron chi connectivity index (χ3n) is 4.61. The molecule has 0 bridgehead atoms. The molecule has 1 saturated heterocycles. The number of hydrogen-bond donors (Lipinski definition) is 1. The van der Waals surface area contributed by atoms with Crippen LogP contribution < -0.4 is 5.32 Å². The Morgan fingerprint density at radius 2 is 2.26 bits per heavy atom. The van der Waals surface area contributed by atoms with Crippen LogP contribution in [0.2, 0.25) is 0 Å². The monoisotopic (exact) mass is 381 g/mol. The van der Waals surface area contributed by atoms with E-state index in [4.69, 9.17) is 9.47 Å². The number of amides is 1. The Balaban J connectivity index is 1.39. The summed E-state index contributed by atoms with van der Waals surface area (Å²) >= 11 is 3.48. The van der Waals surface area contributed by atoms with Crippen LogP contribution in [-0.2, 0) is 19.7 Å². The van der Waals surface area contributed by atoms with E-state index in [-0.39, 0.29) is 17.6 Å². The normalized spacial score (nSPS) is 22.6. The highest BCUT2D eigenvalue weighted by atomic mass is 79.9. The second-order valence-corrected chi connectivity index (χ2v) is 7.28. The topological polar surface area (TPSA) is 47.6 Å². The van der Waals surface area contributed by atoms with E-state index in [1.807, 2.05) is 18.2 Å². The van der Waals surface area contributed by atoms with Gasteiger partial charge < -0.3 is 14.8 Å². The van der Waals surface area contributed by atoms with Crippen LogP contribution in [0.25, 0.3) is 0 Å². The van der Waals surface area contributed by atoms with Gasteiger partial charge in [-0.05, 0) is 56.2 Å². The van der Waals surface area contributed by atoms with Crippen LogP contribution in [0, 0.1) is 0 Å². The lowest BCUT2D eigenvalue weighted by Crippen LogP contribution is -2.35. The third kappa shape index (κ3) is 4.34. The van der Waals surface area contributed by atoms with Gasteiger partial charge in [0.1, 0.15) is 0 Å². The molecule has 1 N–H and O–H groups in total. The van der Waals surface area contributed by atoms with E-state index >= 15 is 0 Å². The molecule has 4 nitrogen and oxygen atoms in total. The van der Waals surface area contributed by atoms with Crippen LogP contribution in [0.1, 0.15) is 44.1 Å². The fourth-order valence-electron chi connectivity index (χ4n) is 3.06. The summed E-state index contributed by atoms with van der Waals surface area (Å²) in [7, 11) is 0. The van der Waals surface area contributed by atoms with Crippen LogP contribution in [-0.4, -0.2) is 32.0 Å². The van der Waals surface area contributed by atoms with E-state index in [9.17, 15) is 4.79 Å². The highest BCUT2D eigenvalue weighted by molar-refractivity contribution is 9.10. The summed E-state index contributed by atoms with van der Waals surface area (Å²) in [6.45, 7) is 2.09. The maximum atomic E-state index is 12.5. The molecule has 0 aromatic heterocycles. The van der Waals surface area contributed by atoms with Gasteiger partial charge in [-0.25, -0.2) is 0 Å². The number of ether oxygens (including phenoxy) is 2. The SMILES string of the molecule is O=C(NCCCO[C@@H]1CCCCO1)C1(c2cccc(Br)c2)CC1. The van der Waals surface area contributed by atoms with Crippen molar-refractivity contribution in [2.75, 3.05) is 19.8 Å². The molecule has 0 unspecified atom stereocenters. The van der Waals surface area contributed by atoms with Crippen molar-refractivity contribution in [3.8, 4) is 0 Å². The first kappa shape index (κ1) is 16.9. The number of hydrogen-bond acceptors (Lipinski definition) is 3. The average molecular weight is 382 g/mol. The summed E-state index contributed by atoms with van der Waals surface area (Å²) in [5.74, 6) is 0.143. The lowest BCUT2D eigenvalue weighted by Gasteiger charge is -2.22. The molecule has 2 aliphatic rings. The number of halogens is 1. The zero-order valence-electron chi connectivity index (χ0n) is 13.4. The lowest BCUT2D eigenvalue weighted by atomic mass is 9.95. The van der Waals surface area contributed by atoms with Crippen molar-refractivity contribution in [1.29, 1.82) is 0 Å². The van der Waals surface area contributed by atoms with E-state index in [0.717, 1.165) is 48.7 Å². The van der Waals surface area contributed by atoms with Gasteiger partial charge in [-0.15, -0.1) is 0 Å². The van der Waals surface area contributed by atoms with Crippen molar-refractivity contribution < 1.29 is 14.3 Å². The summed E-state index contributed by atoms with van der Waals surface area (Å²) in [5, 5.41) is 3.07. The van der Waals surface area contributed by atoms with Gasteiger partial charge in [0, 0.05) is 17.6 Å². The van der Waals surface area contributed by atoms with Gasteiger partial charge in [0.05, 0.1) is 12.0 Å². The zero-order chi connectivity index (χ0) is 16.1. The standard InChI is InChI=1S/C18H24BrNO3/c19-15-6-3-5-14(13-15)18(8-9-18)17(21)20-10-4-12-23-16-7-1-2-11-22-16/h3,5-6,13,16H,1-2,4,7-12H2,(H,20,21)/t16-/m1/s1. The Labute approximate surface area is 146 Å². The Bertz CT molecular complexity index is 539. The molecule has 1 aromatic rings. The highest BCUT2D eigenvalue weighted by Gasteiger charge is 2.51. The molecule has 5 heteroatoms. The minimum atomic E-state index is -0.308. The molecule has 0 spiro atoms. The fraction of sp³-hybridized carbons (Fsp3) is 0.611. The van der Waals surface area contributed by atoms with Gasteiger partial charge in [-0.1, -0.05) is 28.1 Å². The van der Waals surface area contributed by atoms with E-state index in [1.165, 1.54) is 6.42 Å². The predicted octanol–water partition coefficient (Wildman–Crippen LogP) is 3.53. The Morgan fingerprint density at radius 1 is 1.39 bits per heavy atom. The first-order valence-electron chi connectivity index (χ1n) is 8.48. The Kier molecular flexibility index (Phi) is 5.72. The van der Waals surface area contributed by atoms with Crippen molar-refractivity contribution >= 4 is 21.8 Å². The molecule has 0 radical (unpaired) electrons. The first-order valence-corrected chi connectivity index (χ1v) is 9.28. The smallest absolute Gasteiger partial charge is 0.230 e. The quantitative estimate of drug-likeness (QED) is 0.734. The van der Waals surface area contributed by atoms with Gasteiger partial charge in [-0.3, -0.25) is 4.79 Å². The summed E-state index contributed by atoms with van der Waals surface area (Å²) in [5.41, 5.74) is 0.799. The summed E-state index contributed by atoms with van der Waals surface area (Å²) in [4.78, 5) is 12.5. The van der Waals surface area contributed by atoms with E-state index in [2.05, 4.69) is 27.3 Å². The van der Waals surface area contributed by atoms with Crippen molar-refractivity contribution in [3.05, 3.63) is 34.3 Å². The second-order valence-electron chi connectivity index (χ2n) is 6.37. The summed E-state index contributed by atoms with van der Waals surface area (Å²) in [6.07, 6.45) is 5.93. The van der Waals surface area contributed by atoms with E-state index in [1.54, 1.807) is 0 Å². The van der Waals surface area contributed by atoms with Crippen molar-refractivity contribution in [2.45, 2.75) is 50.2 Å². The van der Waals surface area contributed by atoms with Crippen molar-refractivity contribution in [1.82, 2.24) is 5.32 Å². The van der Waals surface area contributed by atoms with E-state index < -0.39 is 0 Å². The molecule has 1 amide bonds. The Morgan fingerprint density at radius 3 is 2.96 bits per heavy atom. The maximum Gasteiger partial charge on any atom is 0.230 e. The van der Waals surface area contributed by atoms with Crippen LogP contribution in [0.3, 0.4) is 0 Å². The molecule has 2 fully saturated rings. The molecule has 1 aromatic carbocycles. The lowest BCUT2D eigenvalue weighted by molar-refractivity contribution is -0.162. The average Bonchev–Trinajstić information content (AvgIpc) is 3.37. The Hall–Kier alpha value is -0.910. The van der Waals surface area contributed by atoms with Crippen molar-refractivity contribution in [2.24, 2.45) is 0 Å². The maximum absolute atomic E-state index is 12.5. The van der Waals surface area contributed by atoms with Gasteiger partial charge in [0.25, 0.3) is 0 Å². The van der Waals surface area contributed by atoms with Gasteiger partial charge in [-0.2, -0.15) is 0 Å². The van der Waals surface area contributed by atoms with Crippen LogP contribution >= 0.6 is 15.9 Å². The molecule has 3 rings (SSSR count). The van der Waals surface area contributed by atoms with Crippen molar-refractivity contribution in [3.63, 3.8) is 0 Å². The molecule has 1 aliphatic heterocycles. The second kappa shape index (κ2) is 7.77. The number of carbonyl (C=O) groups excluding carboxylic acids is 1. The third-order valence-corrected chi connectivity index (χ3v) is 5.10. The number of benzene rings is 1. The van der Waals surface area contributed by atoms with Gasteiger partial charge >= 0.3 is 0 Å². The zero-order valence-corrected chi connectivity index (χ0v) is 14.9. The summed E-state index contributed by atoms with van der Waals surface area (Å²) < 4.78 is 12.2. The number of nitrogens with one attached hydrogen (secondary N) is 1. The van der Waals surface area contributed by atoms with Gasteiger partial charge in [0.2, 0.25) is 5.91 Å².